The number of benzene rings is 1. The van der Waals surface area contributed by atoms with Crippen LogP contribution in [0.25, 0.3) is 0 Å². The Balaban J connectivity index is 1.40. The molecule has 1 aromatic carbocycles. The molecule has 0 aliphatic heterocycles. The fourth-order valence-corrected chi connectivity index (χ4v) is 7.12. The van der Waals surface area contributed by atoms with Gasteiger partial charge < -0.3 is 5.32 Å². The fraction of sp³-hybridized carbons (Fsp3) is 0.611. The van der Waals surface area contributed by atoms with Crippen molar-refractivity contribution < 1.29 is 9.72 Å². The van der Waals surface area contributed by atoms with Crippen LogP contribution < -0.4 is 5.32 Å². The lowest BCUT2D eigenvalue weighted by Crippen LogP contribution is -2.49. The fourth-order valence-electron chi connectivity index (χ4n) is 5.38. The summed E-state index contributed by atoms with van der Waals surface area (Å²) >= 11 is 7.68. The van der Waals surface area contributed by atoms with E-state index >= 15 is 0 Å². The van der Waals surface area contributed by atoms with Gasteiger partial charge in [0.1, 0.15) is 5.69 Å². The highest BCUT2D eigenvalue weighted by atomic mass is 35.5. The molecule has 4 saturated carbocycles. The van der Waals surface area contributed by atoms with E-state index in [9.17, 15) is 14.9 Å². The third-order valence-electron chi connectivity index (χ3n) is 5.92. The molecule has 0 heterocycles. The monoisotopic (exact) mass is 380 g/mol. The van der Waals surface area contributed by atoms with Gasteiger partial charge in [0.05, 0.1) is 10.7 Å². The molecule has 134 valence electrons. The first-order valence-electron chi connectivity index (χ1n) is 8.80. The number of carbonyl (C=O) groups is 1. The van der Waals surface area contributed by atoms with Gasteiger partial charge in [0.15, 0.2) is 0 Å². The highest BCUT2D eigenvalue weighted by Crippen LogP contribution is 2.60. The van der Waals surface area contributed by atoms with Crippen molar-refractivity contribution in [2.24, 2.45) is 17.8 Å². The number of amides is 1. The zero-order valence-corrected chi connectivity index (χ0v) is 15.4. The van der Waals surface area contributed by atoms with Gasteiger partial charge in [0.25, 0.3) is 5.69 Å². The van der Waals surface area contributed by atoms with Crippen molar-refractivity contribution in [3.8, 4) is 0 Å². The lowest BCUT2D eigenvalue weighted by molar-refractivity contribution is -0.383. The van der Waals surface area contributed by atoms with E-state index in [0.29, 0.717) is 10.8 Å². The average molecular weight is 381 g/mol. The van der Waals surface area contributed by atoms with Gasteiger partial charge >= 0.3 is 0 Å². The smallest absolute Gasteiger partial charge is 0.292 e. The maximum Gasteiger partial charge on any atom is 0.292 e. The molecule has 7 heteroatoms. The Morgan fingerprint density at radius 2 is 1.84 bits per heavy atom. The van der Waals surface area contributed by atoms with Gasteiger partial charge in [0.2, 0.25) is 5.91 Å². The second kappa shape index (κ2) is 6.47. The number of anilines is 1. The molecular weight excluding hydrogens is 360 g/mol. The normalized spacial score (nSPS) is 32.6. The molecule has 5 nitrogen and oxygen atoms in total. The quantitative estimate of drug-likeness (QED) is 0.583. The van der Waals surface area contributed by atoms with Gasteiger partial charge in [-0.1, -0.05) is 11.6 Å². The molecule has 4 bridgehead atoms. The van der Waals surface area contributed by atoms with Crippen molar-refractivity contribution in [1.82, 2.24) is 0 Å². The summed E-state index contributed by atoms with van der Waals surface area (Å²) in [6.45, 7) is 0. The summed E-state index contributed by atoms with van der Waals surface area (Å²) in [5.41, 5.74) is 0.0474. The molecule has 0 atom stereocenters. The standard InChI is InChI=1S/C18H21ClN2O3S/c19-14-1-2-16(21(23)24)15(6-14)20-17(22)10-25-18-7-11-3-12(8-18)5-13(4-11)9-18/h1-2,6,11-13H,3-5,7-10H2,(H,20,22). The Kier molecular flexibility index (Phi) is 4.44. The number of thioether (sulfide) groups is 1. The Morgan fingerprint density at radius 1 is 1.24 bits per heavy atom. The van der Waals surface area contributed by atoms with Gasteiger partial charge in [0, 0.05) is 15.8 Å². The molecule has 1 amide bonds. The van der Waals surface area contributed by atoms with Gasteiger partial charge in [-0.05, 0) is 68.4 Å². The molecule has 1 N–H and O–H groups in total. The average Bonchev–Trinajstić information content (AvgIpc) is 2.51. The van der Waals surface area contributed by atoms with Crippen molar-refractivity contribution in [3.63, 3.8) is 0 Å². The van der Waals surface area contributed by atoms with Crippen molar-refractivity contribution in [3.05, 3.63) is 33.3 Å². The number of hydrogen-bond acceptors (Lipinski definition) is 4. The van der Waals surface area contributed by atoms with Crippen LogP contribution in [0.15, 0.2) is 18.2 Å². The van der Waals surface area contributed by atoms with Crippen molar-refractivity contribution in [1.29, 1.82) is 0 Å². The number of nitrogens with zero attached hydrogens (tertiary/aromatic N) is 1. The Hall–Kier alpha value is -1.27. The second-order valence-corrected chi connectivity index (χ2v) is 9.74. The van der Waals surface area contributed by atoms with Crippen LogP contribution in [0.4, 0.5) is 11.4 Å². The van der Waals surface area contributed by atoms with Crippen LogP contribution in [0.5, 0.6) is 0 Å². The molecule has 25 heavy (non-hydrogen) atoms. The number of nitro benzene ring substituents is 1. The van der Waals surface area contributed by atoms with Crippen LogP contribution >= 0.6 is 23.4 Å². The lowest BCUT2D eigenvalue weighted by Gasteiger charge is -2.56. The van der Waals surface area contributed by atoms with Crippen LogP contribution in [0.3, 0.4) is 0 Å². The van der Waals surface area contributed by atoms with E-state index in [-0.39, 0.29) is 22.0 Å². The number of carbonyl (C=O) groups excluding carboxylic acids is 1. The first-order chi connectivity index (χ1) is 11.9. The summed E-state index contributed by atoms with van der Waals surface area (Å²) in [5.74, 6) is 2.68. The van der Waals surface area contributed by atoms with E-state index < -0.39 is 4.92 Å². The number of halogens is 1. The third kappa shape index (κ3) is 3.51. The first-order valence-corrected chi connectivity index (χ1v) is 10.2. The van der Waals surface area contributed by atoms with Gasteiger partial charge in [-0.2, -0.15) is 0 Å². The summed E-state index contributed by atoms with van der Waals surface area (Å²) < 4.78 is 0.256. The number of nitrogens with one attached hydrogen (secondary N) is 1. The molecule has 5 rings (SSSR count). The third-order valence-corrected chi connectivity index (χ3v) is 7.67. The first kappa shape index (κ1) is 17.2. The second-order valence-electron chi connectivity index (χ2n) is 7.86. The number of rotatable bonds is 5. The molecular formula is C18H21ClN2O3S. The zero-order valence-electron chi connectivity index (χ0n) is 13.9. The van der Waals surface area contributed by atoms with Crippen LogP contribution in [-0.4, -0.2) is 21.3 Å². The largest absolute Gasteiger partial charge is 0.320 e. The highest BCUT2D eigenvalue weighted by Gasteiger charge is 2.51. The molecule has 0 aromatic heterocycles. The summed E-state index contributed by atoms with van der Waals surface area (Å²) in [5, 5.41) is 14.2. The van der Waals surface area contributed by atoms with Gasteiger partial charge in [-0.3, -0.25) is 14.9 Å². The summed E-state index contributed by atoms with van der Waals surface area (Å²) in [4.78, 5) is 23.0. The minimum Gasteiger partial charge on any atom is -0.320 e. The molecule has 0 saturated heterocycles. The van der Waals surface area contributed by atoms with Gasteiger partial charge in [-0.25, -0.2) is 0 Å². The van der Waals surface area contributed by atoms with Crippen LogP contribution in [0.2, 0.25) is 5.02 Å². The maximum absolute atomic E-state index is 12.4. The van der Waals surface area contributed by atoms with Crippen LogP contribution in [0, 0.1) is 27.9 Å². The van der Waals surface area contributed by atoms with Crippen LogP contribution in [0.1, 0.15) is 38.5 Å². The molecule has 4 aliphatic carbocycles. The molecule has 0 spiro atoms. The van der Waals surface area contributed by atoms with Gasteiger partial charge in [-0.15, -0.1) is 11.8 Å². The van der Waals surface area contributed by atoms with E-state index in [1.54, 1.807) is 11.8 Å². The summed E-state index contributed by atoms with van der Waals surface area (Å²) in [7, 11) is 0. The highest BCUT2D eigenvalue weighted by molar-refractivity contribution is 8.01. The predicted molar refractivity (Wildman–Crippen MR) is 100 cm³/mol. The summed E-state index contributed by atoms with van der Waals surface area (Å²) in [6.07, 6.45) is 7.82. The van der Waals surface area contributed by atoms with Crippen molar-refractivity contribution in [2.45, 2.75) is 43.3 Å². The SMILES string of the molecule is O=C(CSC12CC3CC(CC(C3)C1)C2)Nc1cc(Cl)ccc1[N+](=O)[O-]. The molecule has 1 aromatic rings. The number of nitro groups is 1. The van der Waals surface area contributed by atoms with E-state index in [1.165, 1.54) is 56.7 Å². The van der Waals surface area contributed by atoms with E-state index in [2.05, 4.69) is 5.32 Å². The Labute approximate surface area is 156 Å². The van der Waals surface area contributed by atoms with Crippen molar-refractivity contribution in [2.75, 3.05) is 11.1 Å². The molecule has 4 aliphatic rings. The Bertz CT molecular complexity index is 689. The molecule has 0 unspecified atom stereocenters. The molecule has 4 fully saturated rings. The maximum atomic E-state index is 12.4. The van der Waals surface area contributed by atoms with E-state index in [0.717, 1.165) is 17.8 Å². The van der Waals surface area contributed by atoms with Crippen LogP contribution in [-0.2, 0) is 4.79 Å². The zero-order chi connectivity index (χ0) is 17.6. The van der Waals surface area contributed by atoms with E-state index in [1.807, 2.05) is 0 Å². The van der Waals surface area contributed by atoms with Crippen molar-refractivity contribution >= 4 is 40.6 Å². The topological polar surface area (TPSA) is 72.2 Å². The number of hydrogen-bond donors (Lipinski definition) is 1. The minimum atomic E-state index is -0.502. The molecule has 0 radical (unpaired) electrons. The predicted octanol–water partition coefficient (Wildman–Crippen LogP) is 4.89. The lowest BCUT2D eigenvalue weighted by atomic mass is 9.56. The Morgan fingerprint density at radius 3 is 2.40 bits per heavy atom. The minimum absolute atomic E-state index is 0.127. The van der Waals surface area contributed by atoms with E-state index in [4.69, 9.17) is 11.6 Å². The summed E-state index contributed by atoms with van der Waals surface area (Å²) in [6, 6.07) is 4.22.